The third kappa shape index (κ3) is 152. The fourth-order valence-corrected chi connectivity index (χ4v) is 0. The van der Waals surface area contributed by atoms with Crippen LogP contribution in [-0.4, -0.2) is 0 Å². The van der Waals surface area contributed by atoms with Gasteiger partial charge in [-0.3, -0.25) is 0 Å². The minimum atomic E-state index is 0. The van der Waals surface area contributed by atoms with E-state index in [1.54, 1.807) is 0 Å². The average molecular weight is 177 g/mol. The van der Waals surface area contributed by atoms with Gasteiger partial charge in [0.15, 0.2) is 0 Å². The molecule has 0 bridgehead atoms. The van der Waals surface area contributed by atoms with Crippen molar-refractivity contribution in [3.63, 3.8) is 0 Å². The van der Waals surface area contributed by atoms with Crippen LogP contribution in [0.3, 0.4) is 0 Å². The van der Waals surface area contributed by atoms with Crippen molar-refractivity contribution in [1.82, 2.24) is 0 Å². The van der Waals surface area contributed by atoms with E-state index in [0.29, 0.717) is 0 Å². The maximum Gasteiger partial charge on any atom is 0 e. The van der Waals surface area contributed by atoms with Crippen molar-refractivity contribution < 1.29 is 32.7 Å². The van der Waals surface area contributed by atoms with Gasteiger partial charge in [0.05, 0.1) is 0 Å². The number of rotatable bonds is 0. The first kappa shape index (κ1) is 24.3. The first-order chi connectivity index (χ1) is 2.41. The van der Waals surface area contributed by atoms with Gasteiger partial charge in [0.2, 0.25) is 0 Å². The Morgan fingerprint density at radius 1 is 1.29 bits per heavy atom. The Labute approximate surface area is 74.0 Å². The van der Waals surface area contributed by atoms with Crippen LogP contribution in [0, 0.1) is 14.4 Å². The molecule has 0 nitrogen and oxygen atoms in total. The van der Waals surface area contributed by atoms with Gasteiger partial charge in [-0.25, -0.2) is 0 Å². The van der Waals surface area contributed by atoms with E-state index >= 15 is 0 Å². The van der Waals surface area contributed by atoms with Crippen LogP contribution >= 0.6 is 0 Å². The van der Waals surface area contributed by atoms with E-state index < -0.39 is 0 Å². The van der Waals surface area contributed by atoms with Gasteiger partial charge in [0, 0.05) is 32.7 Å². The topological polar surface area (TPSA) is 0 Å². The Kier molecular flexibility index (Phi) is 207. The van der Waals surface area contributed by atoms with E-state index in [0.717, 1.165) is 6.42 Å². The molecule has 0 fully saturated rings. The fourth-order valence-electron chi connectivity index (χ4n) is 0. The molecule has 0 N–H and O–H groups in total. The summed E-state index contributed by atoms with van der Waals surface area (Å²) in [5.74, 6) is 0. The molecule has 0 saturated heterocycles. The summed E-state index contributed by atoms with van der Waals surface area (Å²) in [7, 11) is 0. The Morgan fingerprint density at radius 3 is 1.29 bits per heavy atom. The third-order valence-electron chi connectivity index (χ3n) is 0. The van der Waals surface area contributed by atoms with Gasteiger partial charge in [-0.15, -0.1) is 0 Å². The van der Waals surface area contributed by atoms with E-state index in [4.69, 9.17) is 0 Å². The summed E-state index contributed by atoms with van der Waals surface area (Å²) in [6.07, 6.45) is 1.00. The Hall–Kier alpha value is 1.10. The van der Waals surface area contributed by atoms with Gasteiger partial charge < -0.3 is 14.4 Å². The summed E-state index contributed by atoms with van der Waals surface area (Å²) in [6.45, 7) is 9.50. The summed E-state index contributed by atoms with van der Waals surface area (Å²) in [5, 5.41) is 0. The zero-order valence-corrected chi connectivity index (χ0v) is 8.83. The molecule has 0 aliphatic heterocycles. The summed E-state index contributed by atoms with van der Waals surface area (Å²) < 4.78 is 0. The first-order valence-corrected chi connectivity index (χ1v) is 2.21. The maximum absolute atomic E-state index is 3.49. The molecule has 0 aliphatic rings. The second-order valence-electron chi connectivity index (χ2n) is 0.500. The van der Waals surface area contributed by atoms with Crippen LogP contribution < -0.4 is 0 Å². The van der Waals surface area contributed by atoms with E-state index in [1.807, 2.05) is 20.8 Å². The van der Waals surface area contributed by atoms with Crippen molar-refractivity contribution >= 4 is 0 Å². The minimum Gasteiger partial charge on any atom is -0.358 e. The quantitative estimate of drug-likeness (QED) is 0.499. The number of hydrogen-bond donors (Lipinski definition) is 0. The van der Waals surface area contributed by atoms with Crippen molar-refractivity contribution in [3.8, 4) is 0 Å². The molecule has 0 atom stereocenters. The van der Waals surface area contributed by atoms with E-state index in [2.05, 4.69) is 6.92 Å². The fraction of sp³-hybridized carbons (Fsp3) is 0.667. The molecule has 0 rings (SSSR count). The predicted molar refractivity (Wildman–Crippen MR) is 33.4 cm³/mol. The van der Waals surface area contributed by atoms with Crippen LogP contribution in [0.25, 0.3) is 0 Å². The molecule has 0 heterocycles. The van der Waals surface area contributed by atoms with Gasteiger partial charge in [-0.1, -0.05) is 20.8 Å². The van der Waals surface area contributed by atoms with Crippen LogP contribution in [0.2, 0.25) is 0 Å². The van der Waals surface area contributed by atoms with Crippen molar-refractivity contribution in [1.29, 1.82) is 0 Å². The maximum atomic E-state index is 3.49. The molecule has 0 spiro atoms. The van der Waals surface area contributed by atoms with Crippen molar-refractivity contribution in [2.75, 3.05) is 0 Å². The summed E-state index contributed by atoms with van der Waals surface area (Å²) in [6, 6.07) is 0. The van der Waals surface area contributed by atoms with Gasteiger partial charge in [-0.2, -0.15) is 6.42 Å². The van der Waals surface area contributed by atoms with E-state index in [9.17, 15) is 0 Å². The monoisotopic (exact) mass is 177 g/mol. The standard InChI is InChI=1S/C3H7.C2H6.CH3.Y/c1-3-2;1-2;;/h1,3H2,2H3;1-2H3;1H3;/q-1;;-1;. The molecule has 0 aliphatic carbocycles. The van der Waals surface area contributed by atoms with E-state index in [1.165, 1.54) is 0 Å². The largest absolute Gasteiger partial charge is 0.358 e. The second-order valence-corrected chi connectivity index (χ2v) is 0.500. The van der Waals surface area contributed by atoms with Gasteiger partial charge in [0.25, 0.3) is 0 Å². The first-order valence-electron chi connectivity index (χ1n) is 2.21. The van der Waals surface area contributed by atoms with Crippen LogP contribution in [0.5, 0.6) is 0 Å². The Bertz CT molecular complexity index is 4.14. The smallest absolute Gasteiger partial charge is 0 e. The molecule has 0 unspecified atom stereocenters. The second kappa shape index (κ2) is 59.8. The zero-order valence-electron chi connectivity index (χ0n) is 5.99. The van der Waals surface area contributed by atoms with Gasteiger partial charge in [-0.05, 0) is 0 Å². The van der Waals surface area contributed by atoms with Crippen LogP contribution in [-0.2, 0) is 32.7 Å². The van der Waals surface area contributed by atoms with Crippen molar-refractivity contribution in [2.45, 2.75) is 27.2 Å². The third-order valence-corrected chi connectivity index (χ3v) is 0. The molecule has 1 heteroatoms. The van der Waals surface area contributed by atoms with Crippen LogP contribution in [0.15, 0.2) is 0 Å². The summed E-state index contributed by atoms with van der Waals surface area (Å²) >= 11 is 0. The van der Waals surface area contributed by atoms with Crippen molar-refractivity contribution in [3.05, 3.63) is 14.4 Å². The van der Waals surface area contributed by atoms with Gasteiger partial charge >= 0.3 is 0 Å². The SMILES string of the molecule is CC.[CH2-]CC.[CH3-].[Y]. The molecule has 0 aromatic rings. The zero-order chi connectivity index (χ0) is 4.71. The number of hydrogen-bond acceptors (Lipinski definition) is 0. The minimum absolute atomic E-state index is 0. The molecular formula is C6H16Y-2. The molecule has 0 aromatic carbocycles. The van der Waals surface area contributed by atoms with Gasteiger partial charge in [0.1, 0.15) is 0 Å². The molecule has 45 valence electrons. The predicted octanol–water partition coefficient (Wildman–Crippen LogP) is 2.70. The normalized spacial score (nSPS) is 3.43. The molecular weight excluding hydrogens is 161 g/mol. The summed E-state index contributed by atoms with van der Waals surface area (Å²) in [4.78, 5) is 0. The Morgan fingerprint density at radius 2 is 1.29 bits per heavy atom. The molecule has 7 heavy (non-hydrogen) atoms. The van der Waals surface area contributed by atoms with Crippen LogP contribution in [0.4, 0.5) is 0 Å². The summed E-state index contributed by atoms with van der Waals surface area (Å²) in [5.41, 5.74) is 0. The van der Waals surface area contributed by atoms with E-state index in [-0.39, 0.29) is 40.1 Å². The molecule has 0 saturated carbocycles. The van der Waals surface area contributed by atoms with Crippen LogP contribution in [0.1, 0.15) is 27.2 Å². The molecule has 1 radical (unpaired) electrons. The Balaban J connectivity index is -0.0000000105. The molecule has 0 amide bonds. The average Bonchev–Trinajstić information content (AvgIpc) is 1.46. The molecule has 0 aromatic heterocycles. The van der Waals surface area contributed by atoms with Crippen molar-refractivity contribution in [2.24, 2.45) is 0 Å².